The monoisotopic (exact) mass is 246 g/mol. The molecule has 0 bridgehead atoms. The van der Waals surface area contributed by atoms with Crippen LogP contribution in [0.4, 0.5) is 5.69 Å². The van der Waals surface area contributed by atoms with Gasteiger partial charge in [-0.3, -0.25) is 4.79 Å². The normalized spacial score (nSPS) is 19.3. The van der Waals surface area contributed by atoms with Crippen LogP contribution in [-0.4, -0.2) is 23.3 Å². The molecule has 1 atom stereocenters. The molecule has 1 amide bonds. The highest BCUT2D eigenvalue weighted by molar-refractivity contribution is 6.15. The van der Waals surface area contributed by atoms with E-state index >= 15 is 0 Å². The minimum atomic E-state index is -0.282. The van der Waals surface area contributed by atoms with Gasteiger partial charge in [-0.05, 0) is 44.4 Å². The van der Waals surface area contributed by atoms with Crippen molar-refractivity contribution in [2.45, 2.75) is 27.2 Å². The van der Waals surface area contributed by atoms with E-state index < -0.39 is 0 Å². The highest BCUT2D eigenvalue weighted by atomic mass is 16.3. The van der Waals surface area contributed by atoms with Crippen LogP contribution in [0.15, 0.2) is 23.3 Å². The predicted molar refractivity (Wildman–Crippen MR) is 71.7 cm³/mol. The van der Waals surface area contributed by atoms with Gasteiger partial charge in [0.05, 0.1) is 11.6 Å². The zero-order valence-corrected chi connectivity index (χ0v) is 11.0. The van der Waals surface area contributed by atoms with Crippen LogP contribution < -0.4 is 5.01 Å². The fourth-order valence-electron chi connectivity index (χ4n) is 2.20. The van der Waals surface area contributed by atoms with E-state index in [-0.39, 0.29) is 18.4 Å². The maximum atomic E-state index is 12.3. The van der Waals surface area contributed by atoms with E-state index in [9.17, 15) is 4.79 Å². The van der Waals surface area contributed by atoms with Crippen LogP contribution in [0.25, 0.3) is 0 Å². The van der Waals surface area contributed by atoms with Crippen molar-refractivity contribution in [1.29, 1.82) is 0 Å². The van der Waals surface area contributed by atoms with Gasteiger partial charge in [-0.2, -0.15) is 10.1 Å². The van der Waals surface area contributed by atoms with Gasteiger partial charge in [0, 0.05) is 12.3 Å². The summed E-state index contributed by atoms with van der Waals surface area (Å²) in [6.45, 7) is 5.84. The minimum Gasteiger partial charge on any atom is -0.396 e. The van der Waals surface area contributed by atoms with Crippen molar-refractivity contribution >= 4 is 17.3 Å². The van der Waals surface area contributed by atoms with Crippen molar-refractivity contribution in [2.75, 3.05) is 11.6 Å². The van der Waals surface area contributed by atoms with Crippen molar-refractivity contribution < 1.29 is 9.90 Å². The van der Waals surface area contributed by atoms with Gasteiger partial charge < -0.3 is 5.11 Å². The number of carbonyl (C=O) groups is 1. The number of rotatable bonds is 3. The van der Waals surface area contributed by atoms with Gasteiger partial charge in [0.15, 0.2) is 0 Å². The van der Waals surface area contributed by atoms with Crippen molar-refractivity contribution in [3.8, 4) is 0 Å². The van der Waals surface area contributed by atoms with E-state index in [0.717, 1.165) is 22.5 Å². The zero-order valence-electron chi connectivity index (χ0n) is 11.0. The van der Waals surface area contributed by atoms with Crippen LogP contribution in [0.5, 0.6) is 0 Å². The third-order valence-electron chi connectivity index (χ3n) is 3.49. The van der Waals surface area contributed by atoms with Gasteiger partial charge in [-0.25, -0.2) is 0 Å². The van der Waals surface area contributed by atoms with Gasteiger partial charge in [0.25, 0.3) is 5.91 Å². The lowest BCUT2D eigenvalue weighted by atomic mass is 10.0. The SMILES string of the molecule is CC1=NN(c2cccc(C)c2C)C(=O)C1CCO. The molecule has 0 saturated heterocycles. The molecular formula is C14H18N2O2. The molecule has 1 unspecified atom stereocenters. The van der Waals surface area contributed by atoms with Crippen molar-refractivity contribution in [3.63, 3.8) is 0 Å². The van der Waals surface area contributed by atoms with Crippen LogP contribution in [0.2, 0.25) is 0 Å². The molecule has 1 aromatic carbocycles. The molecule has 1 aliphatic rings. The lowest BCUT2D eigenvalue weighted by Gasteiger charge is -2.17. The second-order valence-electron chi connectivity index (χ2n) is 4.68. The highest BCUT2D eigenvalue weighted by Gasteiger charge is 2.34. The molecule has 2 rings (SSSR count). The Labute approximate surface area is 107 Å². The lowest BCUT2D eigenvalue weighted by molar-refractivity contribution is -0.120. The smallest absolute Gasteiger partial charge is 0.256 e. The highest BCUT2D eigenvalue weighted by Crippen LogP contribution is 2.29. The summed E-state index contributed by atoms with van der Waals surface area (Å²) < 4.78 is 0. The Kier molecular flexibility index (Phi) is 3.48. The van der Waals surface area contributed by atoms with Crippen LogP contribution in [0, 0.1) is 19.8 Å². The van der Waals surface area contributed by atoms with Crippen LogP contribution in [0.1, 0.15) is 24.5 Å². The van der Waals surface area contributed by atoms with E-state index in [4.69, 9.17) is 5.11 Å². The molecule has 1 N–H and O–H groups in total. The molecule has 0 radical (unpaired) electrons. The molecule has 0 aliphatic carbocycles. The number of aliphatic hydroxyl groups is 1. The number of benzene rings is 1. The second-order valence-corrected chi connectivity index (χ2v) is 4.68. The Morgan fingerprint density at radius 2 is 2.06 bits per heavy atom. The van der Waals surface area contributed by atoms with Crippen LogP contribution >= 0.6 is 0 Å². The Morgan fingerprint density at radius 3 is 2.72 bits per heavy atom. The van der Waals surface area contributed by atoms with Crippen LogP contribution in [0.3, 0.4) is 0 Å². The predicted octanol–water partition coefficient (Wildman–Crippen LogP) is 2.02. The molecule has 0 spiro atoms. The molecule has 18 heavy (non-hydrogen) atoms. The maximum Gasteiger partial charge on any atom is 0.256 e. The summed E-state index contributed by atoms with van der Waals surface area (Å²) in [6.07, 6.45) is 0.440. The summed E-state index contributed by atoms with van der Waals surface area (Å²) in [5.74, 6) is -0.329. The molecule has 4 nitrogen and oxygen atoms in total. The van der Waals surface area contributed by atoms with Gasteiger partial charge in [-0.15, -0.1) is 0 Å². The molecule has 0 saturated carbocycles. The molecule has 1 heterocycles. The number of anilines is 1. The Bertz CT molecular complexity index is 509. The van der Waals surface area contributed by atoms with Crippen molar-refractivity contribution in [1.82, 2.24) is 0 Å². The quantitative estimate of drug-likeness (QED) is 0.887. The summed E-state index contributed by atoms with van der Waals surface area (Å²) in [6, 6.07) is 5.84. The number of nitrogens with zero attached hydrogens (tertiary/aromatic N) is 2. The Balaban J connectivity index is 2.36. The average Bonchev–Trinajstić information content (AvgIpc) is 2.61. The number of aryl methyl sites for hydroxylation is 1. The first-order valence-corrected chi connectivity index (χ1v) is 6.12. The van der Waals surface area contributed by atoms with Crippen molar-refractivity contribution in [3.05, 3.63) is 29.3 Å². The molecule has 0 aromatic heterocycles. The second kappa shape index (κ2) is 4.90. The third kappa shape index (κ3) is 2.04. The van der Waals surface area contributed by atoms with Gasteiger partial charge in [-0.1, -0.05) is 12.1 Å². The number of amides is 1. The summed E-state index contributed by atoms with van der Waals surface area (Å²) >= 11 is 0. The standard InChI is InChI=1S/C14H18N2O2/c1-9-5-4-6-13(10(9)2)16-14(18)12(7-8-17)11(3)15-16/h4-6,12,17H,7-8H2,1-3H3. The molecule has 96 valence electrons. The van der Waals surface area contributed by atoms with Gasteiger partial charge in [0.1, 0.15) is 0 Å². The first-order chi connectivity index (χ1) is 8.56. The molecular weight excluding hydrogens is 228 g/mol. The summed E-state index contributed by atoms with van der Waals surface area (Å²) in [5, 5.41) is 14.8. The summed E-state index contributed by atoms with van der Waals surface area (Å²) in [5.41, 5.74) is 3.81. The van der Waals surface area contributed by atoms with E-state index in [0.29, 0.717) is 6.42 Å². The van der Waals surface area contributed by atoms with E-state index in [1.807, 2.05) is 39.0 Å². The summed E-state index contributed by atoms with van der Waals surface area (Å²) in [4.78, 5) is 12.3. The van der Waals surface area contributed by atoms with E-state index in [1.165, 1.54) is 5.01 Å². The van der Waals surface area contributed by atoms with Crippen LogP contribution in [-0.2, 0) is 4.79 Å². The average molecular weight is 246 g/mol. The number of hydrogen-bond donors (Lipinski definition) is 1. The molecule has 1 aliphatic heterocycles. The van der Waals surface area contributed by atoms with E-state index in [2.05, 4.69) is 5.10 Å². The summed E-state index contributed by atoms with van der Waals surface area (Å²) in [7, 11) is 0. The fourth-order valence-corrected chi connectivity index (χ4v) is 2.20. The minimum absolute atomic E-state index is 0.00388. The molecule has 4 heteroatoms. The number of aliphatic hydroxyl groups excluding tert-OH is 1. The Hall–Kier alpha value is -1.68. The largest absolute Gasteiger partial charge is 0.396 e. The maximum absolute atomic E-state index is 12.3. The zero-order chi connectivity index (χ0) is 13.3. The topological polar surface area (TPSA) is 52.9 Å². The molecule has 1 aromatic rings. The first-order valence-electron chi connectivity index (χ1n) is 6.12. The van der Waals surface area contributed by atoms with Crippen molar-refractivity contribution in [2.24, 2.45) is 11.0 Å². The number of carbonyl (C=O) groups excluding carboxylic acids is 1. The van der Waals surface area contributed by atoms with E-state index in [1.54, 1.807) is 0 Å². The third-order valence-corrected chi connectivity index (χ3v) is 3.49. The number of hydrazone groups is 1. The fraction of sp³-hybridized carbons (Fsp3) is 0.429. The molecule has 0 fully saturated rings. The van der Waals surface area contributed by atoms with Gasteiger partial charge in [0.2, 0.25) is 0 Å². The lowest BCUT2D eigenvalue weighted by Crippen LogP contribution is -2.28. The first kappa shape index (κ1) is 12.8. The number of hydrogen-bond acceptors (Lipinski definition) is 3. The Morgan fingerprint density at radius 1 is 1.33 bits per heavy atom. The van der Waals surface area contributed by atoms with Gasteiger partial charge >= 0.3 is 0 Å².